The van der Waals surface area contributed by atoms with Gasteiger partial charge in [-0.25, -0.2) is 12.8 Å². The summed E-state index contributed by atoms with van der Waals surface area (Å²) < 4.78 is 45.4. The standard InChI is InChI=1S/C14H16FN3O3S/c1-9-7-14(17-21-9)18-22(19,20)13-6-5-11(8-12(13)15)16-10-3-2-4-10/h5-8,10,16H,2-4H2,1H3,(H,17,18). The Labute approximate surface area is 127 Å². The molecule has 1 saturated carbocycles. The minimum atomic E-state index is -4.04. The summed E-state index contributed by atoms with van der Waals surface area (Å²) in [5.41, 5.74) is 0.582. The molecule has 3 rings (SSSR count). The molecule has 1 aromatic heterocycles. The van der Waals surface area contributed by atoms with Crippen molar-refractivity contribution in [3.05, 3.63) is 35.8 Å². The quantitative estimate of drug-likeness (QED) is 0.883. The van der Waals surface area contributed by atoms with Crippen LogP contribution >= 0.6 is 0 Å². The van der Waals surface area contributed by atoms with Crippen molar-refractivity contribution in [2.45, 2.75) is 37.1 Å². The molecule has 6 nitrogen and oxygen atoms in total. The number of hydrogen-bond donors (Lipinski definition) is 2. The highest BCUT2D eigenvalue weighted by molar-refractivity contribution is 7.92. The topological polar surface area (TPSA) is 84.2 Å². The van der Waals surface area contributed by atoms with Crippen LogP contribution in [0.1, 0.15) is 25.0 Å². The number of benzene rings is 1. The third kappa shape index (κ3) is 3.06. The lowest BCUT2D eigenvalue weighted by molar-refractivity contribution is 0.400. The van der Waals surface area contributed by atoms with E-state index in [1.165, 1.54) is 18.2 Å². The number of aromatic nitrogens is 1. The maximum atomic E-state index is 14.1. The molecule has 0 unspecified atom stereocenters. The fraction of sp³-hybridized carbons (Fsp3) is 0.357. The average Bonchev–Trinajstić information content (AvgIpc) is 2.78. The molecule has 0 aliphatic heterocycles. The molecule has 1 aliphatic carbocycles. The van der Waals surface area contributed by atoms with E-state index in [0.29, 0.717) is 17.5 Å². The first-order chi connectivity index (χ1) is 10.4. The molecule has 1 aromatic carbocycles. The lowest BCUT2D eigenvalue weighted by atomic mass is 9.93. The number of rotatable bonds is 5. The Hall–Kier alpha value is -2.09. The predicted molar refractivity (Wildman–Crippen MR) is 79.7 cm³/mol. The highest BCUT2D eigenvalue weighted by atomic mass is 32.2. The van der Waals surface area contributed by atoms with E-state index in [0.717, 1.165) is 19.3 Å². The molecular formula is C14H16FN3O3S. The van der Waals surface area contributed by atoms with Gasteiger partial charge in [0.2, 0.25) is 0 Å². The smallest absolute Gasteiger partial charge is 0.266 e. The second kappa shape index (κ2) is 5.60. The van der Waals surface area contributed by atoms with Gasteiger partial charge in [0, 0.05) is 17.8 Å². The van der Waals surface area contributed by atoms with Gasteiger partial charge >= 0.3 is 0 Å². The molecule has 1 fully saturated rings. The third-order valence-corrected chi connectivity index (χ3v) is 4.95. The van der Waals surface area contributed by atoms with Gasteiger partial charge in [0.1, 0.15) is 16.5 Å². The van der Waals surface area contributed by atoms with Gasteiger partial charge in [-0.15, -0.1) is 0 Å². The highest BCUT2D eigenvalue weighted by Gasteiger charge is 2.22. The molecule has 1 aliphatic rings. The van der Waals surface area contributed by atoms with Crippen LogP contribution in [0.2, 0.25) is 0 Å². The van der Waals surface area contributed by atoms with Gasteiger partial charge in [-0.05, 0) is 44.4 Å². The predicted octanol–water partition coefficient (Wildman–Crippen LogP) is 2.89. The van der Waals surface area contributed by atoms with Crippen molar-refractivity contribution in [2.24, 2.45) is 0 Å². The van der Waals surface area contributed by atoms with E-state index in [1.54, 1.807) is 13.0 Å². The van der Waals surface area contributed by atoms with E-state index < -0.39 is 20.7 Å². The number of halogens is 1. The van der Waals surface area contributed by atoms with E-state index in [2.05, 4.69) is 15.2 Å². The molecule has 118 valence electrons. The van der Waals surface area contributed by atoms with Crippen molar-refractivity contribution in [3.8, 4) is 0 Å². The van der Waals surface area contributed by atoms with Crippen molar-refractivity contribution in [1.82, 2.24) is 5.16 Å². The zero-order chi connectivity index (χ0) is 15.7. The molecule has 2 aromatic rings. The fourth-order valence-corrected chi connectivity index (χ4v) is 3.25. The molecule has 0 amide bonds. The Morgan fingerprint density at radius 3 is 2.64 bits per heavy atom. The van der Waals surface area contributed by atoms with Gasteiger partial charge < -0.3 is 9.84 Å². The van der Waals surface area contributed by atoms with Gasteiger partial charge in [0.25, 0.3) is 10.0 Å². The number of hydrogen-bond acceptors (Lipinski definition) is 5. The van der Waals surface area contributed by atoms with E-state index in [1.807, 2.05) is 0 Å². The van der Waals surface area contributed by atoms with Gasteiger partial charge in [-0.3, -0.25) is 4.72 Å². The number of aryl methyl sites for hydroxylation is 1. The van der Waals surface area contributed by atoms with Crippen LogP contribution in [-0.2, 0) is 10.0 Å². The van der Waals surface area contributed by atoms with Crippen LogP contribution in [0.25, 0.3) is 0 Å². The molecule has 8 heteroatoms. The SMILES string of the molecule is Cc1cc(NS(=O)(=O)c2ccc(NC3CCC3)cc2F)no1. The van der Waals surface area contributed by atoms with Gasteiger partial charge in [-0.2, -0.15) is 0 Å². The number of sulfonamides is 1. The van der Waals surface area contributed by atoms with Gasteiger partial charge in [0.15, 0.2) is 5.82 Å². The van der Waals surface area contributed by atoms with Gasteiger partial charge in [-0.1, -0.05) is 5.16 Å². The summed E-state index contributed by atoms with van der Waals surface area (Å²) in [5.74, 6) is -0.330. The second-order valence-electron chi connectivity index (χ2n) is 5.35. The van der Waals surface area contributed by atoms with Crippen LogP contribution in [0.3, 0.4) is 0 Å². The lowest BCUT2D eigenvalue weighted by Gasteiger charge is -2.27. The van der Waals surface area contributed by atoms with E-state index >= 15 is 0 Å². The monoisotopic (exact) mass is 325 g/mol. The summed E-state index contributed by atoms with van der Waals surface area (Å²) in [4.78, 5) is -0.424. The largest absolute Gasteiger partial charge is 0.382 e. The zero-order valence-electron chi connectivity index (χ0n) is 12.0. The summed E-state index contributed by atoms with van der Waals surface area (Å²) in [7, 11) is -4.04. The first-order valence-corrected chi connectivity index (χ1v) is 8.44. The maximum absolute atomic E-state index is 14.1. The molecule has 0 radical (unpaired) electrons. The minimum absolute atomic E-state index is 0.0218. The first-order valence-electron chi connectivity index (χ1n) is 6.96. The maximum Gasteiger partial charge on any atom is 0.266 e. The van der Waals surface area contributed by atoms with Crippen LogP contribution in [0.5, 0.6) is 0 Å². The molecule has 22 heavy (non-hydrogen) atoms. The summed E-state index contributed by atoms with van der Waals surface area (Å²) in [6, 6.07) is 5.76. The Morgan fingerprint density at radius 2 is 2.09 bits per heavy atom. The Kier molecular flexibility index (Phi) is 3.78. The first kappa shape index (κ1) is 14.8. The summed E-state index contributed by atoms with van der Waals surface area (Å²) in [5, 5.41) is 6.70. The van der Waals surface area contributed by atoms with Crippen molar-refractivity contribution in [2.75, 3.05) is 10.0 Å². The van der Waals surface area contributed by atoms with Crippen LogP contribution in [0.4, 0.5) is 15.9 Å². The zero-order valence-corrected chi connectivity index (χ0v) is 12.8. The van der Waals surface area contributed by atoms with Crippen LogP contribution in [0, 0.1) is 12.7 Å². The van der Waals surface area contributed by atoms with E-state index in [9.17, 15) is 12.8 Å². The lowest BCUT2D eigenvalue weighted by Crippen LogP contribution is -2.27. The molecular weight excluding hydrogens is 309 g/mol. The number of nitrogens with zero attached hydrogens (tertiary/aromatic N) is 1. The van der Waals surface area contributed by atoms with E-state index in [-0.39, 0.29) is 5.82 Å². The van der Waals surface area contributed by atoms with Crippen LogP contribution in [0.15, 0.2) is 33.7 Å². The van der Waals surface area contributed by atoms with Crippen molar-refractivity contribution in [3.63, 3.8) is 0 Å². The molecule has 1 heterocycles. The minimum Gasteiger partial charge on any atom is -0.382 e. The van der Waals surface area contributed by atoms with Crippen LogP contribution < -0.4 is 10.0 Å². The Bertz CT molecular complexity index is 784. The summed E-state index contributed by atoms with van der Waals surface area (Å²) in [6.45, 7) is 1.63. The van der Waals surface area contributed by atoms with Crippen molar-refractivity contribution >= 4 is 21.5 Å². The Balaban J connectivity index is 1.80. The third-order valence-electron chi connectivity index (χ3n) is 3.56. The van der Waals surface area contributed by atoms with E-state index in [4.69, 9.17) is 4.52 Å². The van der Waals surface area contributed by atoms with Crippen LogP contribution in [-0.4, -0.2) is 19.6 Å². The van der Waals surface area contributed by atoms with Crippen molar-refractivity contribution in [1.29, 1.82) is 0 Å². The number of anilines is 2. The summed E-state index contributed by atoms with van der Waals surface area (Å²) in [6.07, 6.45) is 3.26. The highest BCUT2D eigenvalue weighted by Crippen LogP contribution is 2.26. The van der Waals surface area contributed by atoms with Gasteiger partial charge in [0.05, 0.1) is 0 Å². The summed E-state index contributed by atoms with van der Waals surface area (Å²) >= 11 is 0. The molecule has 0 bridgehead atoms. The average molecular weight is 325 g/mol. The van der Waals surface area contributed by atoms with Crippen molar-refractivity contribution < 1.29 is 17.3 Å². The second-order valence-corrected chi connectivity index (χ2v) is 7.00. The number of nitrogens with one attached hydrogen (secondary N) is 2. The normalized spacial score (nSPS) is 15.4. The molecule has 0 atom stereocenters. The molecule has 2 N–H and O–H groups in total. The fourth-order valence-electron chi connectivity index (χ4n) is 2.20. The Morgan fingerprint density at radius 1 is 1.32 bits per heavy atom. The molecule has 0 saturated heterocycles. The molecule has 0 spiro atoms.